The summed E-state index contributed by atoms with van der Waals surface area (Å²) in [5.41, 5.74) is 1.52. The molecule has 106 valence electrons. The van der Waals surface area contributed by atoms with E-state index in [1.54, 1.807) is 13.2 Å². The molecule has 1 N–H and O–H groups in total. The van der Waals surface area contributed by atoms with Gasteiger partial charge in [0.05, 0.1) is 19.2 Å². The van der Waals surface area contributed by atoms with Gasteiger partial charge in [-0.2, -0.15) is 0 Å². The molecule has 2 aromatic rings. The first-order valence-corrected chi connectivity index (χ1v) is 6.48. The van der Waals surface area contributed by atoms with Gasteiger partial charge in [-0.1, -0.05) is 5.16 Å². The summed E-state index contributed by atoms with van der Waals surface area (Å²) in [6, 6.07) is 9.37. The smallest absolute Gasteiger partial charge is 0.226 e. The topological polar surface area (TPSA) is 64.4 Å². The van der Waals surface area contributed by atoms with Crippen molar-refractivity contribution in [3.05, 3.63) is 36.0 Å². The monoisotopic (exact) mass is 274 g/mol. The zero-order valence-electron chi connectivity index (χ0n) is 11.8. The third-order valence-electron chi connectivity index (χ3n) is 2.72. The molecule has 0 aliphatic carbocycles. The number of ether oxygens (including phenoxy) is 1. The minimum absolute atomic E-state index is 0.0606. The van der Waals surface area contributed by atoms with Gasteiger partial charge in [-0.3, -0.25) is 4.79 Å². The summed E-state index contributed by atoms with van der Waals surface area (Å²) in [6.07, 6.45) is 0.220. The van der Waals surface area contributed by atoms with Gasteiger partial charge in [0, 0.05) is 17.7 Å². The molecule has 0 saturated carbocycles. The van der Waals surface area contributed by atoms with Crippen LogP contribution in [-0.2, 0) is 11.2 Å². The molecule has 0 bridgehead atoms. The summed E-state index contributed by atoms with van der Waals surface area (Å²) in [6.45, 7) is 3.84. The van der Waals surface area contributed by atoms with E-state index < -0.39 is 0 Å². The van der Waals surface area contributed by atoms with E-state index in [9.17, 15) is 4.79 Å². The second kappa shape index (κ2) is 6.23. The zero-order chi connectivity index (χ0) is 14.5. The van der Waals surface area contributed by atoms with Crippen molar-refractivity contribution in [1.82, 2.24) is 10.5 Å². The standard InChI is InChI=1S/C15H18N2O3/c1-10(2)16-15(18)9-12-8-14(20-17-12)11-4-6-13(19-3)7-5-11/h4-8,10H,9H2,1-3H3,(H,16,18). The fourth-order valence-corrected chi connectivity index (χ4v) is 1.82. The Balaban J connectivity index is 2.06. The molecule has 0 fully saturated rings. The predicted octanol–water partition coefficient (Wildman–Crippen LogP) is 2.42. The highest BCUT2D eigenvalue weighted by molar-refractivity contribution is 5.78. The fourth-order valence-electron chi connectivity index (χ4n) is 1.82. The second-order valence-electron chi connectivity index (χ2n) is 4.81. The second-order valence-corrected chi connectivity index (χ2v) is 4.81. The lowest BCUT2D eigenvalue weighted by atomic mass is 10.1. The first-order chi connectivity index (χ1) is 9.58. The van der Waals surface area contributed by atoms with Crippen LogP contribution in [0.15, 0.2) is 34.9 Å². The van der Waals surface area contributed by atoms with Gasteiger partial charge in [0.25, 0.3) is 0 Å². The molecule has 5 nitrogen and oxygen atoms in total. The van der Waals surface area contributed by atoms with Crippen LogP contribution < -0.4 is 10.1 Å². The highest BCUT2D eigenvalue weighted by Crippen LogP contribution is 2.23. The molecule has 0 spiro atoms. The summed E-state index contributed by atoms with van der Waals surface area (Å²) in [5, 5.41) is 6.73. The molecule has 0 saturated heterocycles. The summed E-state index contributed by atoms with van der Waals surface area (Å²) >= 11 is 0. The Labute approximate surface area is 117 Å². The largest absolute Gasteiger partial charge is 0.497 e. The van der Waals surface area contributed by atoms with Gasteiger partial charge in [0.1, 0.15) is 5.75 Å². The summed E-state index contributed by atoms with van der Waals surface area (Å²) in [4.78, 5) is 11.6. The molecule has 0 aliphatic rings. The van der Waals surface area contributed by atoms with Crippen molar-refractivity contribution >= 4 is 5.91 Å². The first kappa shape index (κ1) is 14.1. The van der Waals surface area contributed by atoms with E-state index in [2.05, 4.69) is 10.5 Å². The van der Waals surface area contributed by atoms with Crippen LogP contribution in [0.5, 0.6) is 5.75 Å². The molecule has 20 heavy (non-hydrogen) atoms. The van der Waals surface area contributed by atoms with Crippen molar-refractivity contribution in [3.8, 4) is 17.1 Å². The summed E-state index contributed by atoms with van der Waals surface area (Å²) < 4.78 is 10.4. The van der Waals surface area contributed by atoms with E-state index in [0.717, 1.165) is 11.3 Å². The minimum atomic E-state index is -0.0606. The van der Waals surface area contributed by atoms with Gasteiger partial charge < -0.3 is 14.6 Å². The van der Waals surface area contributed by atoms with Crippen LogP contribution in [0.3, 0.4) is 0 Å². The third kappa shape index (κ3) is 3.60. The maximum absolute atomic E-state index is 11.6. The van der Waals surface area contributed by atoms with E-state index in [0.29, 0.717) is 11.5 Å². The van der Waals surface area contributed by atoms with Crippen molar-refractivity contribution in [2.24, 2.45) is 0 Å². The third-order valence-corrected chi connectivity index (χ3v) is 2.72. The number of nitrogens with zero attached hydrogens (tertiary/aromatic N) is 1. The number of carbonyl (C=O) groups is 1. The Kier molecular flexibility index (Phi) is 4.40. The number of nitrogens with one attached hydrogen (secondary N) is 1. The maximum Gasteiger partial charge on any atom is 0.226 e. The molecule has 0 unspecified atom stereocenters. The molecule has 0 aliphatic heterocycles. The average Bonchev–Trinajstić information content (AvgIpc) is 2.86. The van der Waals surface area contributed by atoms with Crippen molar-refractivity contribution in [2.75, 3.05) is 7.11 Å². The van der Waals surface area contributed by atoms with Crippen molar-refractivity contribution in [2.45, 2.75) is 26.3 Å². The van der Waals surface area contributed by atoms with Crippen LogP contribution in [0.2, 0.25) is 0 Å². The lowest BCUT2D eigenvalue weighted by molar-refractivity contribution is -0.121. The van der Waals surface area contributed by atoms with Crippen LogP contribution in [0.1, 0.15) is 19.5 Å². The number of benzene rings is 1. The van der Waals surface area contributed by atoms with Crippen LogP contribution in [0.25, 0.3) is 11.3 Å². The molecule has 5 heteroatoms. The first-order valence-electron chi connectivity index (χ1n) is 6.48. The van der Waals surface area contributed by atoms with Gasteiger partial charge in [0.2, 0.25) is 5.91 Å². The normalized spacial score (nSPS) is 10.6. The highest BCUT2D eigenvalue weighted by atomic mass is 16.5. The number of aromatic nitrogens is 1. The number of carbonyl (C=O) groups excluding carboxylic acids is 1. The SMILES string of the molecule is COc1ccc(-c2cc(CC(=O)NC(C)C)no2)cc1. The van der Waals surface area contributed by atoms with E-state index >= 15 is 0 Å². The van der Waals surface area contributed by atoms with E-state index in [1.165, 1.54) is 0 Å². The maximum atomic E-state index is 11.6. The van der Waals surface area contributed by atoms with Crippen LogP contribution in [-0.4, -0.2) is 24.2 Å². The molecule has 0 radical (unpaired) electrons. The lowest BCUT2D eigenvalue weighted by Crippen LogP contribution is -2.31. The quantitative estimate of drug-likeness (QED) is 0.909. The predicted molar refractivity (Wildman–Crippen MR) is 75.5 cm³/mol. The zero-order valence-corrected chi connectivity index (χ0v) is 11.8. The van der Waals surface area contributed by atoms with E-state index in [1.807, 2.05) is 38.1 Å². The van der Waals surface area contributed by atoms with Crippen molar-refractivity contribution in [3.63, 3.8) is 0 Å². The number of rotatable bonds is 5. The van der Waals surface area contributed by atoms with Crippen LogP contribution in [0.4, 0.5) is 0 Å². The molecule has 0 atom stereocenters. The van der Waals surface area contributed by atoms with Gasteiger partial charge in [-0.15, -0.1) is 0 Å². The van der Waals surface area contributed by atoms with Gasteiger partial charge >= 0.3 is 0 Å². The molecular formula is C15H18N2O3. The van der Waals surface area contributed by atoms with Gasteiger partial charge in [-0.05, 0) is 38.1 Å². The van der Waals surface area contributed by atoms with Gasteiger partial charge in [0.15, 0.2) is 5.76 Å². The van der Waals surface area contributed by atoms with Crippen LogP contribution >= 0.6 is 0 Å². The minimum Gasteiger partial charge on any atom is -0.497 e. The summed E-state index contributed by atoms with van der Waals surface area (Å²) in [5.74, 6) is 1.36. The molecule has 1 aromatic heterocycles. The van der Waals surface area contributed by atoms with E-state index in [4.69, 9.17) is 9.26 Å². The number of methoxy groups -OCH3 is 1. The number of hydrogen-bond donors (Lipinski definition) is 1. The Bertz CT molecular complexity index is 573. The lowest BCUT2D eigenvalue weighted by Gasteiger charge is -2.05. The van der Waals surface area contributed by atoms with Gasteiger partial charge in [-0.25, -0.2) is 0 Å². The van der Waals surface area contributed by atoms with E-state index in [-0.39, 0.29) is 18.4 Å². The Morgan fingerprint density at radius 3 is 2.65 bits per heavy atom. The Morgan fingerprint density at radius 1 is 1.35 bits per heavy atom. The fraction of sp³-hybridized carbons (Fsp3) is 0.333. The molecule has 1 heterocycles. The average molecular weight is 274 g/mol. The van der Waals surface area contributed by atoms with Crippen LogP contribution in [0, 0.1) is 0 Å². The Hall–Kier alpha value is -2.30. The molecule has 2 rings (SSSR count). The highest BCUT2D eigenvalue weighted by Gasteiger charge is 2.11. The molecule has 1 amide bonds. The molecule has 1 aromatic carbocycles. The van der Waals surface area contributed by atoms with Crippen molar-refractivity contribution < 1.29 is 14.1 Å². The van der Waals surface area contributed by atoms with Crippen molar-refractivity contribution in [1.29, 1.82) is 0 Å². The summed E-state index contributed by atoms with van der Waals surface area (Å²) in [7, 11) is 1.62. The molecular weight excluding hydrogens is 256 g/mol. The number of amides is 1. The Morgan fingerprint density at radius 2 is 2.05 bits per heavy atom. The number of hydrogen-bond acceptors (Lipinski definition) is 4.